The largest absolute Gasteiger partial charge is 0.338 e. The fourth-order valence-corrected chi connectivity index (χ4v) is 1.77. The highest BCUT2D eigenvalue weighted by Crippen LogP contribution is 2.14. The predicted molar refractivity (Wildman–Crippen MR) is 70.4 cm³/mol. The molecule has 1 aromatic rings. The van der Waals surface area contributed by atoms with Gasteiger partial charge in [0.2, 0.25) is 5.91 Å². The van der Waals surface area contributed by atoms with E-state index in [0.29, 0.717) is 13.0 Å². The molecule has 2 N–H and O–H groups in total. The number of nitrogens with two attached hydrogens (primary N) is 1. The van der Waals surface area contributed by atoms with E-state index >= 15 is 0 Å². The van der Waals surface area contributed by atoms with Crippen molar-refractivity contribution in [1.82, 2.24) is 4.90 Å². The van der Waals surface area contributed by atoms with Gasteiger partial charge in [-0.3, -0.25) is 4.79 Å². The van der Waals surface area contributed by atoms with Gasteiger partial charge in [0.25, 0.3) is 0 Å². The van der Waals surface area contributed by atoms with Gasteiger partial charge in [0.1, 0.15) is 6.04 Å². The van der Waals surface area contributed by atoms with Crippen LogP contribution in [-0.2, 0) is 4.79 Å². The van der Waals surface area contributed by atoms with Crippen LogP contribution in [0.25, 0.3) is 0 Å². The topological polar surface area (TPSA) is 70.1 Å². The third-order valence-corrected chi connectivity index (χ3v) is 2.80. The first kappa shape index (κ1) is 14.2. The Morgan fingerprint density at radius 1 is 1.39 bits per heavy atom. The van der Waals surface area contributed by atoms with E-state index in [0.717, 1.165) is 5.56 Å². The zero-order valence-electron chi connectivity index (χ0n) is 10.8. The number of nitrogens with zero attached hydrogens (tertiary/aromatic N) is 2. The molecule has 1 rings (SSSR count). The van der Waals surface area contributed by atoms with E-state index in [1.165, 1.54) is 0 Å². The zero-order valence-corrected chi connectivity index (χ0v) is 10.8. The van der Waals surface area contributed by atoms with Gasteiger partial charge in [0.05, 0.1) is 12.5 Å². The van der Waals surface area contributed by atoms with Crippen LogP contribution in [0.2, 0.25) is 0 Å². The minimum absolute atomic E-state index is 0.0422. The number of amides is 1. The van der Waals surface area contributed by atoms with E-state index in [9.17, 15) is 4.79 Å². The molecule has 0 aliphatic carbocycles. The molecule has 1 aromatic carbocycles. The lowest BCUT2D eigenvalue weighted by molar-refractivity contribution is -0.134. The normalized spacial score (nSPS) is 11.9. The molecule has 0 bridgehead atoms. The van der Waals surface area contributed by atoms with Crippen molar-refractivity contribution < 1.29 is 4.79 Å². The molecule has 96 valence electrons. The second kappa shape index (κ2) is 6.77. The van der Waals surface area contributed by atoms with Crippen LogP contribution in [0.1, 0.15) is 31.9 Å². The maximum absolute atomic E-state index is 12.3. The quantitative estimate of drug-likeness (QED) is 0.860. The Morgan fingerprint density at radius 3 is 2.50 bits per heavy atom. The Bertz CT molecular complexity index is 422. The van der Waals surface area contributed by atoms with E-state index in [2.05, 4.69) is 6.07 Å². The number of carbonyl (C=O) groups is 1. The summed E-state index contributed by atoms with van der Waals surface area (Å²) in [6.07, 6.45) is 0.325. The van der Waals surface area contributed by atoms with Crippen molar-refractivity contribution in [2.45, 2.75) is 32.4 Å². The minimum atomic E-state index is -0.660. The summed E-state index contributed by atoms with van der Waals surface area (Å²) in [5, 5.41) is 8.62. The van der Waals surface area contributed by atoms with Crippen LogP contribution in [0.4, 0.5) is 0 Å². The van der Waals surface area contributed by atoms with Gasteiger partial charge >= 0.3 is 0 Å². The Kier molecular flexibility index (Phi) is 5.34. The summed E-state index contributed by atoms with van der Waals surface area (Å²) in [6, 6.07) is 10.7. The van der Waals surface area contributed by atoms with Crippen LogP contribution in [0.15, 0.2) is 30.3 Å². The monoisotopic (exact) mass is 245 g/mol. The van der Waals surface area contributed by atoms with Crippen molar-refractivity contribution in [1.29, 1.82) is 5.26 Å². The van der Waals surface area contributed by atoms with Crippen molar-refractivity contribution in [2.24, 2.45) is 5.73 Å². The maximum atomic E-state index is 12.3. The van der Waals surface area contributed by atoms with E-state index in [4.69, 9.17) is 11.0 Å². The average Bonchev–Trinajstić information content (AvgIpc) is 2.38. The predicted octanol–water partition coefficient (Wildman–Crippen LogP) is 1.84. The second-order valence-electron chi connectivity index (χ2n) is 4.42. The van der Waals surface area contributed by atoms with E-state index in [1.54, 1.807) is 4.90 Å². The lowest BCUT2D eigenvalue weighted by Crippen LogP contribution is -2.43. The van der Waals surface area contributed by atoms with Gasteiger partial charge in [-0.1, -0.05) is 30.3 Å². The Morgan fingerprint density at radius 2 is 2.00 bits per heavy atom. The summed E-state index contributed by atoms with van der Waals surface area (Å²) in [5.74, 6) is -0.133. The summed E-state index contributed by atoms with van der Waals surface area (Å²) in [7, 11) is 0. The van der Waals surface area contributed by atoms with Gasteiger partial charge in [-0.25, -0.2) is 0 Å². The number of benzene rings is 1. The van der Waals surface area contributed by atoms with Crippen molar-refractivity contribution in [2.75, 3.05) is 6.54 Å². The second-order valence-corrected chi connectivity index (χ2v) is 4.42. The summed E-state index contributed by atoms with van der Waals surface area (Å²) in [6.45, 7) is 4.27. The molecule has 0 saturated carbocycles. The van der Waals surface area contributed by atoms with Crippen molar-refractivity contribution in [3.05, 3.63) is 35.9 Å². The van der Waals surface area contributed by atoms with Crippen LogP contribution < -0.4 is 5.73 Å². The number of hydrogen-bond acceptors (Lipinski definition) is 3. The van der Waals surface area contributed by atoms with Gasteiger partial charge in [-0.05, 0) is 19.4 Å². The fraction of sp³-hybridized carbons (Fsp3) is 0.429. The Balaban J connectivity index is 2.80. The van der Waals surface area contributed by atoms with Crippen LogP contribution in [-0.4, -0.2) is 23.4 Å². The van der Waals surface area contributed by atoms with Crippen LogP contribution in [0.3, 0.4) is 0 Å². The van der Waals surface area contributed by atoms with Crippen molar-refractivity contribution in [3.63, 3.8) is 0 Å². The van der Waals surface area contributed by atoms with Crippen LogP contribution in [0, 0.1) is 11.3 Å². The third-order valence-electron chi connectivity index (χ3n) is 2.80. The molecule has 0 heterocycles. The zero-order chi connectivity index (χ0) is 13.5. The van der Waals surface area contributed by atoms with Crippen molar-refractivity contribution in [3.8, 4) is 6.07 Å². The van der Waals surface area contributed by atoms with Gasteiger partial charge in [0, 0.05) is 12.6 Å². The van der Waals surface area contributed by atoms with Gasteiger partial charge in [-0.2, -0.15) is 5.26 Å². The molecule has 0 aliphatic heterocycles. The average molecular weight is 245 g/mol. The van der Waals surface area contributed by atoms with Crippen molar-refractivity contribution >= 4 is 5.91 Å². The molecule has 0 saturated heterocycles. The standard InChI is InChI=1S/C14H19N3O/c1-11(2)17(10-6-9-15)14(18)13(16)12-7-4-3-5-8-12/h3-5,7-8,11,13H,6,10,16H2,1-2H3/t13-/m1/s1. The SMILES string of the molecule is CC(C)N(CCC#N)C(=O)[C@H](N)c1ccccc1. The minimum Gasteiger partial charge on any atom is -0.338 e. The lowest BCUT2D eigenvalue weighted by atomic mass is 10.1. The summed E-state index contributed by atoms with van der Waals surface area (Å²) in [5.41, 5.74) is 6.77. The molecule has 4 nitrogen and oxygen atoms in total. The van der Waals surface area contributed by atoms with E-state index < -0.39 is 6.04 Å². The molecule has 18 heavy (non-hydrogen) atoms. The summed E-state index contributed by atoms with van der Waals surface area (Å²) in [4.78, 5) is 13.9. The van der Waals surface area contributed by atoms with Crippen LogP contribution >= 0.6 is 0 Å². The highest BCUT2D eigenvalue weighted by Gasteiger charge is 2.23. The fourth-order valence-electron chi connectivity index (χ4n) is 1.77. The number of rotatable bonds is 5. The molecular weight excluding hydrogens is 226 g/mol. The molecule has 0 aromatic heterocycles. The highest BCUT2D eigenvalue weighted by molar-refractivity contribution is 5.83. The Hall–Kier alpha value is -1.86. The first-order valence-electron chi connectivity index (χ1n) is 6.06. The lowest BCUT2D eigenvalue weighted by Gasteiger charge is -2.28. The Labute approximate surface area is 108 Å². The van der Waals surface area contributed by atoms with E-state index in [-0.39, 0.29) is 11.9 Å². The van der Waals surface area contributed by atoms with Gasteiger partial charge < -0.3 is 10.6 Å². The maximum Gasteiger partial charge on any atom is 0.244 e. The smallest absolute Gasteiger partial charge is 0.244 e. The van der Waals surface area contributed by atoms with E-state index in [1.807, 2.05) is 44.2 Å². The number of nitriles is 1. The number of carbonyl (C=O) groups excluding carboxylic acids is 1. The molecule has 0 fully saturated rings. The molecule has 1 amide bonds. The highest BCUT2D eigenvalue weighted by atomic mass is 16.2. The van der Waals surface area contributed by atoms with Gasteiger partial charge in [-0.15, -0.1) is 0 Å². The first-order chi connectivity index (χ1) is 8.57. The molecule has 0 spiro atoms. The molecular formula is C14H19N3O. The molecule has 0 radical (unpaired) electrons. The van der Waals surface area contributed by atoms with Gasteiger partial charge in [0.15, 0.2) is 0 Å². The molecule has 4 heteroatoms. The summed E-state index contributed by atoms with van der Waals surface area (Å²) < 4.78 is 0. The molecule has 1 atom stereocenters. The molecule has 0 aliphatic rings. The summed E-state index contributed by atoms with van der Waals surface area (Å²) >= 11 is 0. The third kappa shape index (κ3) is 3.57. The number of hydrogen-bond donors (Lipinski definition) is 1. The first-order valence-corrected chi connectivity index (χ1v) is 6.06. The molecule has 0 unspecified atom stereocenters. The van der Waals surface area contributed by atoms with Crippen LogP contribution in [0.5, 0.6) is 0 Å².